The van der Waals surface area contributed by atoms with Gasteiger partial charge in [0.1, 0.15) is 6.61 Å². The first kappa shape index (κ1) is 17.4. The summed E-state index contributed by atoms with van der Waals surface area (Å²) in [6, 6.07) is 16.8. The number of urea groups is 1. The molecule has 3 rings (SSSR count). The summed E-state index contributed by atoms with van der Waals surface area (Å²) in [6.45, 7) is 1.70. The van der Waals surface area contributed by atoms with Crippen LogP contribution in [-0.4, -0.2) is 31.8 Å². The second-order valence-corrected chi connectivity index (χ2v) is 5.64. The monoisotopic (exact) mass is 349 g/mol. The first-order valence-corrected chi connectivity index (χ1v) is 8.31. The van der Waals surface area contributed by atoms with E-state index in [9.17, 15) is 9.59 Å². The van der Waals surface area contributed by atoms with E-state index in [0.29, 0.717) is 19.7 Å². The number of rotatable bonds is 4. The highest BCUT2D eigenvalue weighted by Gasteiger charge is 2.23. The van der Waals surface area contributed by atoms with Crippen molar-refractivity contribution in [3.63, 3.8) is 0 Å². The molecule has 0 unspecified atom stereocenters. The smallest absolute Gasteiger partial charge is 0.414 e. The van der Waals surface area contributed by atoms with Gasteiger partial charge in [0.15, 0.2) is 0 Å². The van der Waals surface area contributed by atoms with Gasteiger partial charge < -0.3 is 15.4 Å². The number of hydrogen-bond acceptors (Lipinski definition) is 3. The van der Waals surface area contributed by atoms with Crippen molar-refractivity contribution in [1.82, 2.24) is 10.6 Å². The van der Waals surface area contributed by atoms with E-state index in [1.54, 1.807) is 4.90 Å². The Morgan fingerprint density at radius 3 is 2.54 bits per heavy atom. The molecule has 1 heterocycles. The van der Waals surface area contributed by atoms with E-state index in [2.05, 4.69) is 22.5 Å². The molecule has 3 amide bonds. The lowest BCUT2D eigenvalue weighted by atomic mass is 10.2. The van der Waals surface area contributed by atoms with Crippen LogP contribution in [0.25, 0.3) is 0 Å². The molecule has 0 radical (unpaired) electrons. The minimum absolute atomic E-state index is 0.251. The molecule has 6 heteroatoms. The van der Waals surface area contributed by atoms with Gasteiger partial charge in [-0.25, -0.2) is 9.59 Å². The summed E-state index contributed by atoms with van der Waals surface area (Å²) in [6.07, 6.45) is -0.324. The predicted molar refractivity (Wildman–Crippen MR) is 98.7 cm³/mol. The molecule has 0 saturated carbocycles. The largest absolute Gasteiger partial charge is 0.447 e. The number of amides is 3. The van der Waals surface area contributed by atoms with Gasteiger partial charge in [0, 0.05) is 17.8 Å². The minimum Gasteiger partial charge on any atom is -0.447 e. The van der Waals surface area contributed by atoms with Gasteiger partial charge in [-0.2, -0.15) is 0 Å². The lowest BCUT2D eigenvalue weighted by Crippen LogP contribution is -2.35. The number of benzene rings is 2. The van der Waals surface area contributed by atoms with Crippen molar-refractivity contribution in [3.05, 3.63) is 65.7 Å². The third-order valence-corrected chi connectivity index (χ3v) is 3.81. The third kappa shape index (κ3) is 4.77. The number of carbonyl (C=O) groups excluding carboxylic acids is 2. The van der Waals surface area contributed by atoms with E-state index in [0.717, 1.165) is 16.8 Å². The number of cyclic esters (lactones) is 1. The second kappa shape index (κ2) is 8.58. The van der Waals surface area contributed by atoms with Crippen LogP contribution in [0, 0.1) is 11.8 Å². The Bertz CT molecular complexity index is 823. The highest BCUT2D eigenvalue weighted by atomic mass is 16.6. The molecule has 1 aliphatic heterocycles. The Labute approximate surface area is 152 Å². The molecule has 1 saturated heterocycles. The van der Waals surface area contributed by atoms with Crippen LogP contribution < -0.4 is 15.5 Å². The van der Waals surface area contributed by atoms with Gasteiger partial charge in [-0.3, -0.25) is 4.90 Å². The molecular formula is C20H19N3O3. The zero-order chi connectivity index (χ0) is 18.2. The molecule has 0 aromatic heterocycles. The summed E-state index contributed by atoms with van der Waals surface area (Å²) >= 11 is 0. The normalized spacial score (nSPS) is 12.8. The number of carbonyl (C=O) groups is 2. The molecule has 0 aliphatic carbocycles. The van der Waals surface area contributed by atoms with Gasteiger partial charge in [0.05, 0.1) is 13.1 Å². The lowest BCUT2D eigenvalue weighted by Gasteiger charge is -2.11. The SMILES string of the molecule is O=C(NCC#Cc1ccc(N2CCOC2=O)cc1)NCc1ccccc1. The average Bonchev–Trinajstić information content (AvgIpc) is 3.11. The van der Waals surface area contributed by atoms with Gasteiger partial charge in [-0.05, 0) is 29.8 Å². The van der Waals surface area contributed by atoms with E-state index in [1.807, 2.05) is 54.6 Å². The Balaban J connectivity index is 1.43. The Hall–Kier alpha value is -3.46. The molecule has 1 aliphatic rings. The van der Waals surface area contributed by atoms with Crippen LogP contribution in [0.3, 0.4) is 0 Å². The maximum absolute atomic E-state index is 11.7. The minimum atomic E-state index is -0.324. The second-order valence-electron chi connectivity index (χ2n) is 5.64. The van der Waals surface area contributed by atoms with Crippen molar-refractivity contribution in [2.24, 2.45) is 0 Å². The summed E-state index contributed by atoms with van der Waals surface area (Å²) in [5.74, 6) is 5.88. The van der Waals surface area contributed by atoms with Crippen molar-refractivity contribution >= 4 is 17.8 Å². The van der Waals surface area contributed by atoms with Crippen molar-refractivity contribution in [3.8, 4) is 11.8 Å². The van der Waals surface area contributed by atoms with Crippen LogP contribution in [0.5, 0.6) is 0 Å². The molecule has 2 aromatic carbocycles. The number of hydrogen-bond donors (Lipinski definition) is 2. The van der Waals surface area contributed by atoms with Gasteiger partial charge in [-0.1, -0.05) is 42.2 Å². The zero-order valence-corrected chi connectivity index (χ0v) is 14.2. The molecule has 2 N–H and O–H groups in total. The Morgan fingerprint density at radius 1 is 1.08 bits per heavy atom. The third-order valence-electron chi connectivity index (χ3n) is 3.81. The van der Waals surface area contributed by atoms with Crippen LogP contribution in [0.2, 0.25) is 0 Å². The molecule has 2 aromatic rings. The summed E-state index contributed by atoms with van der Waals surface area (Å²) in [7, 11) is 0. The van der Waals surface area contributed by atoms with Crippen molar-refractivity contribution < 1.29 is 14.3 Å². The van der Waals surface area contributed by atoms with E-state index in [-0.39, 0.29) is 18.7 Å². The standard InChI is InChI=1S/C20H19N3O3/c24-19(22-15-17-5-2-1-3-6-17)21-12-4-7-16-8-10-18(11-9-16)23-13-14-26-20(23)25/h1-3,5-6,8-11H,12-15H2,(H2,21,22,24). The lowest BCUT2D eigenvalue weighted by molar-refractivity contribution is 0.181. The van der Waals surface area contributed by atoms with Gasteiger partial charge >= 0.3 is 12.1 Å². The summed E-state index contributed by atoms with van der Waals surface area (Å²) in [4.78, 5) is 24.8. The Kier molecular flexibility index (Phi) is 5.73. The molecule has 0 bridgehead atoms. The summed E-state index contributed by atoms with van der Waals surface area (Å²) in [5, 5.41) is 5.47. The Morgan fingerprint density at radius 2 is 1.85 bits per heavy atom. The van der Waals surface area contributed by atoms with Crippen molar-refractivity contribution in [2.45, 2.75) is 6.54 Å². The van der Waals surface area contributed by atoms with E-state index in [4.69, 9.17) is 4.74 Å². The van der Waals surface area contributed by atoms with Gasteiger partial charge in [0.2, 0.25) is 0 Å². The molecular weight excluding hydrogens is 330 g/mol. The predicted octanol–water partition coefficient (Wildman–Crippen LogP) is 2.49. The fourth-order valence-corrected chi connectivity index (χ4v) is 2.46. The number of ether oxygens (including phenoxy) is 1. The van der Waals surface area contributed by atoms with Crippen LogP contribution in [-0.2, 0) is 11.3 Å². The molecule has 0 atom stereocenters. The average molecular weight is 349 g/mol. The topological polar surface area (TPSA) is 70.7 Å². The summed E-state index contributed by atoms with van der Waals surface area (Å²) < 4.78 is 4.91. The number of nitrogens with one attached hydrogen (secondary N) is 2. The van der Waals surface area contributed by atoms with Crippen molar-refractivity contribution in [2.75, 3.05) is 24.6 Å². The fraction of sp³-hybridized carbons (Fsp3) is 0.200. The molecule has 26 heavy (non-hydrogen) atoms. The van der Waals surface area contributed by atoms with E-state index < -0.39 is 0 Å². The van der Waals surface area contributed by atoms with Crippen LogP contribution >= 0.6 is 0 Å². The van der Waals surface area contributed by atoms with Crippen LogP contribution in [0.1, 0.15) is 11.1 Å². The first-order chi connectivity index (χ1) is 12.7. The summed E-state index contributed by atoms with van der Waals surface area (Å²) in [5.41, 5.74) is 2.64. The quantitative estimate of drug-likeness (QED) is 0.833. The zero-order valence-electron chi connectivity index (χ0n) is 14.2. The maximum Gasteiger partial charge on any atom is 0.414 e. The van der Waals surface area contributed by atoms with Crippen LogP contribution in [0.15, 0.2) is 54.6 Å². The van der Waals surface area contributed by atoms with Crippen molar-refractivity contribution in [1.29, 1.82) is 0 Å². The van der Waals surface area contributed by atoms with Gasteiger partial charge in [-0.15, -0.1) is 0 Å². The van der Waals surface area contributed by atoms with Gasteiger partial charge in [0.25, 0.3) is 0 Å². The number of nitrogens with zero attached hydrogens (tertiary/aromatic N) is 1. The highest BCUT2D eigenvalue weighted by Crippen LogP contribution is 2.18. The van der Waals surface area contributed by atoms with E-state index >= 15 is 0 Å². The molecule has 6 nitrogen and oxygen atoms in total. The van der Waals surface area contributed by atoms with Crippen LogP contribution in [0.4, 0.5) is 15.3 Å². The molecule has 132 valence electrons. The van der Waals surface area contributed by atoms with E-state index in [1.165, 1.54) is 0 Å². The fourth-order valence-electron chi connectivity index (χ4n) is 2.46. The molecule has 1 fully saturated rings. The molecule has 0 spiro atoms. The first-order valence-electron chi connectivity index (χ1n) is 8.31. The number of anilines is 1. The highest BCUT2D eigenvalue weighted by molar-refractivity contribution is 5.89. The maximum atomic E-state index is 11.7.